The SMILES string of the molecule is Cc1cc2c(o1)CC(C)(C)C[C@@H]2NC(=O)C[C@H]1C=CCC1. The van der Waals surface area contributed by atoms with E-state index in [0.717, 1.165) is 37.2 Å². The number of furan rings is 1. The number of hydrogen-bond donors (Lipinski definition) is 1. The predicted octanol–water partition coefficient (Wildman–Crippen LogP) is 4.07. The number of fused-ring (bicyclic) bond motifs is 1. The van der Waals surface area contributed by atoms with Crippen LogP contribution < -0.4 is 5.32 Å². The first-order valence-electron chi connectivity index (χ1n) is 7.98. The monoisotopic (exact) mass is 287 g/mol. The number of rotatable bonds is 3. The van der Waals surface area contributed by atoms with Gasteiger partial charge in [-0.25, -0.2) is 0 Å². The van der Waals surface area contributed by atoms with Gasteiger partial charge in [-0.1, -0.05) is 26.0 Å². The highest BCUT2D eigenvalue weighted by Crippen LogP contribution is 2.42. The number of aryl methyl sites for hydroxylation is 1. The van der Waals surface area contributed by atoms with Crippen molar-refractivity contribution >= 4 is 5.91 Å². The van der Waals surface area contributed by atoms with Crippen LogP contribution in [0.3, 0.4) is 0 Å². The summed E-state index contributed by atoms with van der Waals surface area (Å²) in [4.78, 5) is 12.3. The average molecular weight is 287 g/mol. The van der Waals surface area contributed by atoms with Crippen LogP contribution >= 0.6 is 0 Å². The Bertz CT molecular complexity index is 568. The molecular formula is C18H25NO2. The van der Waals surface area contributed by atoms with Crippen molar-refractivity contribution in [3.63, 3.8) is 0 Å². The molecule has 0 fully saturated rings. The molecule has 0 saturated heterocycles. The standard InChI is InChI=1S/C18H25NO2/c1-12-8-14-15(10-18(2,3)11-16(14)21-12)19-17(20)9-13-6-4-5-7-13/h4,6,8,13,15H,5,7,9-11H2,1-3H3,(H,19,20)/t13-,15-/m0/s1. The van der Waals surface area contributed by atoms with Crippen molar-refractivity contribution in [1.82, 2.24) is 5.32 Å². The fourth-order valence-electron chi connectivity index (χ4n) is 3.67. The lowest BCUT2D eigenvalue weighted by Crippen LogP contribution is -2.36. The zero-order chi connectivity index (χ0) is 15.0. The predicted molar refractivity (Wildman–Crippen MR) is 82.9 cm³/mol. The fraction of sp³-hybridized carbons (Fsp3) is 0.611. The van der Waals surface area contributed by atoms with Gasteiger partial charge in [0.05, 0.1) is 6.04 Å². The highest BCUT2D eigenvalue weighted by atomic mass is 16.3. The van der Waals surface area contributed by atoms with Gasteiger partial charge in [-0.2, -0.15) is 0 Å². The number of hydrogen-bond acceptors (Lipinski definition) is 2. The summed E-state index contributed by atoms with van der Waals surface area (Å²) < 4.78 is 5.82. The Morgan fingerprint density at radius 2 is 2.29 bits per heavy atom. The molecule has 114 valence electrons. The van der Waals surface area contributed by atoms with E-state index in [-0.39, 0.29) is 17.4 Å². The normalized spacial score (nSPS) is 26.6. The van der Waals surface area contributed by atoms with E-state index >= 15 is 0 Å². The van der Waals surface area contributed by atoms with Gasteiger partial charge in [0, 0.05) is 18.4 Å². The van der Waals surface area contributed by atoms with Gasteiger partial charge in [-0.3, -0.25) is 4.79 Å². The molecule has 0 aromatic carbocycles. The second-order valence-electron chi connectivity index (χ2n) is 7.37. The van der Waals surface area contributed by atoms with E-state index in [0.29, 0.717) is 12.3 Å². The second-order valence-corrected chi connectivity index (χ2v) is 7.37. The van der Waals surface area contributed by atoms with E-state index in [1.54, 1.807) is 0 Å². The molecule has 2 atom stereocenters. The van der Waals surface area contributed by atoms with Crippen molar-refractivity contribution in [2.45, 2.75) is 58.9 Å². The second kappa shape index (κ2) is 5.36. The average Bonchev–Trinajstić information content (AvgIpc) is 2.96. The molecule has 21 heavy (non-hydrogen) atoms. The number of carbonyl (C=O) groups excluding carboxylic acids is 1. The van der Waals surface area contributed by atoms with Crippen molar-refractivity contribution in [2.24, 2.45) is 11.3 Å². The molecule has 1 N–H and O–H groups in total. The van der Waals surface area contributed by atoms with Gasteiger partial charge >= 0.3 is 0 Å². The topological polar surface area (TPSA) is 42.2 Å². The molecule has 2 aliphatic rings. The minimum absolute atomic E-state index is 0.0964. The zero-order valence-corrected chi connectivity index (χ0v) is 13.2. The minimum atomic E-state index is 0.0964. The molecule has 0 bridgehead atoms. The van der Waals surface area contributed by atoms with Gasteiger partial charge in [0.25, 0.3) is 0 Å². The quantitative estimate of drug-likeness (QED) is 0.851. The van der Waals surface area contributed by atoms with Gasteiger partial charge in [-0.05, 0) is 43.6 Å². The van der Waals surface area contributed by atoms with Gasteiger partial charge in [0.2, 0.25) is 5.91 Å². The molecule has 0 spiro atoms. The molecule has 3 nitrogen and oxygen atoms in total. The fourth-order valence-corrected chi connectivity index (χ4v) is 3.67. The lowest BCUT2D eigenvalue weighted by molar-refractivity contribution is -0.122. The minimum Gasteiger partial charge on any atom is -0.466 e. The highest BCUT2D eigenvalue weighted by molar-refractivity contribution is 5.77. The number of carbonyl (C=O) groups is 1. The summed E-state index contributed by atoms with van der Waals surface area (Å²) in [5.41, 5.74) is 1.35. The van der Waals surface area contributed by atoms with E-state index in [2.05, 4.69) is 37.4 Å². The maximum atomic E-state index is 12.3. The highest BCUT2D eigenvalue weighted by Gasteiger charge is 2.35. The molecule has 0 saturated carbocycles. The van der Waals surface area contributed by atoms with Crippen LogP contribution in [0.2, 0.25) is 0 Å². The molecule has 3 heteroatoms. The van der Waals surface area contributed by atoms with Crippen LogP contribution in [-0.4, -0.2) is 5.91 Å². The van der Waals surface area contributed by atoms with Crippen molar-refractivity contribution in [3.05, 3.63) is 35.3 Å². The van der Waals surface area contributed by atoms with Crippen LogP contribution in [0.25, 0.3) is 0 Å². The van der Waals surface area contributed by atoms with E-state index < -0.39 is 0 Å². The van der Waals surface area contributed by atoms with Crippen molar-refractivity contribution in [3.8, 4) is 0 Å². The summed E-state index contributed by atoms with van der Waals surface area (Å²) in [6, 6.07) is 2.18. The third kappa shape index (κ3) is 3.22. The lowest BCUT2D eigenvalue weighted by Gasteiger charge is -2.34. The van der Waals surface area contributed by atoms with Crippen LogP contribution in [0.1, 0.15) is 62.7 Å². The summed E-state index contributed by atoms with van der Waals surface area (Å²) in [7, 11) is 0. The Hall–Kier alpha value is -1.51. The van der Waals surface area contributed by atoms with Crippen LogP contribution in [0, 0.1) is 18.3 Å². The summed E-state index contributed by atoms with van der Waals surface area (Å²) >= 11 is 0. The summed E-state index contributed by atoms with van der Waals surface area (Å²) in [6.45, 7) is 6.47. The number of allylic oxidation sites excluding steroid dienone is 2. The Balaban J connectivity index is 1.71. The third-order valence-corrected chi connectivity index (χ3v) is 4.63. The van der Waals surface area contributed by atoms with E-state index in [1.807, 2.05) is 6.92 Å². The van der Waals surface area contributed by atoms with Crippen LogP contribution in [0.4, 0.5) is 0 Å². The van der Waals surface area contributed by atoms with Crippen molar-refractivity contribution in [2.75, 3.05) is 0 Å². The zero-order valence-electron chi connectivity index (χ0n) is 13.2. The molecule has 0 unspecified atom stereocenters. The van der Waals surface area contributed by atoms with E-state index in [9.17, 15) is 4.79 Å². The van der Waals surface area contributed by atoms with Gasteiger partial charge in [0.15, 0.2) is 0 Å². The lowest BCUT2D eigenvalue weighted by atomic mass is 9.74. The largest absolute Gasteiger partial charge is 0.466 e. The van der Waals surface area contributed by atoms with Crippen molar-refractivity contribution in [1.29, 1.82) is 0 Å². The number of nitrogens with one attached hydrogen (secondary N) is 1. The Kier molecular flexibility index (Phi) is 3.68. The molecular weight excluding hydrogens is 262 g/mol. The first-order valence-corrected chi connectivity index (χ1v) is 7.98. The molecule has 1 aromatic heterocycles. The smallest absolute Gasteiger partial charge is 0.221 e. The Morgan fingerprint density at radius 3 is 3.00 bits per heavy atom. The summed E-state index contributed by atoms with van der Waals surface area (Å²) in [5, 5.41) is 3.24. The summed E-state index contributed by atoms with van der Waals surface area (Å²) in [5.74, 6) is 2.58. The molecule has 0 radical (unpaired) electrons. The van der Waals surface area contributed by atoms with Crippen LogP contribution in [-0.2, 0) is 11.2 Å². The molecule has 2 aliphatic carbocycles. The Labute approximate surface area is 126 Å². The van der Waals surface area contributed by atoms with Gasteiger partial charge in [0.1, 0.15) is 11.5 Å². The maximum absolute atomic E-state index is 12.3. The van der Waals surface area contributed by atoms with E-state index in [1.165, 1.54) is 5.56 Å². The van der Waals surface area contributed by atoms with E-state index in [4.69, 9.17) is 4.42 Å². The first-order chi connectivity index (χ1) is 9.93. The molecule has 1 heterocycles. The van der Waals surface area contributed by atoms with Gasteiger partial charge < -0.3 is 9.73 Å². The Morgan fingerprint density at radius 1 is 1.48 bits per heavy atom. The molecule has 1 amide bonds. The van der Waals surface area contributed by atoms with Crippen molar-refractivity contribution < 1.29 is 9.21 Å². The number of amides is 1. The third-order valence-electron chi connectivity index (χ3n) is 4.63. The van der Waals surface area contributed by atoms with Crippen LogP contribution in [0.5, 0.6) is 0 Å². The van der Waals surface area contributed by atoms with Gasteiger partial charge in [-0.15, -0.1) is 0 Å². The first kappa shape index (κ1) is 14.4. The molecule has 0 aliphatic heterocycles. The van der Waals surface area contributed by atoms with Crippen LogP contribution in [0.15, 0.2) is 22.6 Å². The molecule has 1 aromatic rings. The summed E-state index contributed by atoms with van der Waals surface area (Å²) in [6.07, 6.45) is 9.12. The maximum Gasteiger partial charge on any atom is 0.221 e. The molecule has 3 rings (SSSR count).